The topological polar surface area (TPSA) is 110 Å². The van der Waals surface area contributed by atoms with Crippen LogP contribution in [-0.4, -0.2) is 21.2 Å². The smallest absolute Gasteiger partial charge is 0.335 e. The summed E-state index contributed by atoms with van der Waals surface area (Å²) in [7, 11) is 0. The fourth-order valence-corrected chi connectivity index (χ4v) is 1.86. The predicted molar refractivity (Wildman–Crippen MR) is 72.5 cm³/mol. The molecular formula is C14H10N2O4. The zero-order valence-corrected chi connectivity index (χ0v) is 10.2. The molecule has 1 aromatic heterocycles. The van der Waals surface area contributed by atoms with E-state index in [0.717, 1.165) is 0 Å². The first-order valence-electron chi connectivity index (χ1n) is 5.77. The molecule has 3 rings (SSSR count). The molecule has 2 aromatic carbocycles. The molecular weight excluding hydrogens is 260 g/mol. The molecule has 0 bridgehead atoms. The highest BCUT2D eigenvalue weighted by molar-refractivity contribution is 5.88. The highest BCUT2D eigenvalue weighted by Crippen LogP contribution is 2.30. The van der Waals surface area contributed by atoms with Gasteiger partial charge in [0, 0.05) is 17.7 Å². The van der Waals surface area contributed by atoms with Gasteiger partial charge < -0.3 is 20.4 Å². The van der Waals surface area contributed by atoms with Gasteiger partial charge in [0.15, 0.2) is 5.58 Å². The van der Waals surface area contributed by atoms with Crippen LogP contribution in [0.15, 0.2) is 40.8 Å². The first kappa shape index (κ1) is 12.0. The molecule has 0 saturated carbocycles. The Hall–Kier alpha value is -3.02. The average molecular weight is 270 g/mol. The third kappa shape index (κ3) is 1.93. The van der Waals surface area contributed by atoms with Gasteiger partial charge in [0.25, 0.3) is 0 Å². The van der Waals surface area contributed by atoms with Crippen molar-refractivity contribution in [1.29, 1.82) is 0 Å². The first-order valence-corrected chi connectivity index (χ1v) is 5.77. The summed E-state index contributed by atoms with van der Waals surface area (Å²) in [5.41, 5.74) is 7.56. The van der Waals surface area contributed by atoms with Crippen LogP contribution in [0.5, 0.6) is 5.75 Å². The molecule has 3 aromatic rings. The summed E-state index contributed by atoms with van der Waals surface area (Å²) in [5.74, 6) is -0.715. The molecule has 0 aliphatic heterocycles. The molecule has 0 saturated heterocycles. The van der Waals surface area contributed by atoms with E-state index in [2.05, 4.69) is 4.98 Å². The number of phenolic OH excluding ortho intramolecular Hbond substituents is 1. The van der Waals surface area contributed by atoms with E-state index in [1.165, 1.54) is 24.3 Å². The van der Waals surface area contributed by atoms with Crippen molar-refractivity contribution in [3.8, 4) is 17.2 Å². The summed E-state index contributed by atoms with van der Waals surface area (Å²) in [5, 5.41) is 18.4. The minimum atomic E-state index is -0.994. The second kappa shape index (κ2) is 4.27. The normalized spacial score (nSPS) is 10.8. The highest BCUT2D eigenvalue weighted by atomic mass is 16.4. The van der Waals surface area contributed by atoms with Crippen molar-refractivity contribution in [2.45, 2.75) is 0 Å². The number of benzene rings is 2. The van der Waals surface area contributed by atoms with Crippen LogP contribution in [0.2, 0.25) is 0 Å². The number of hydrogen-bond donors (Lipinski definition) is 3. The summed E-state index contributed by atoms with van der Waals surface area (Å²) in [6.45, 7) is 0. The standard InChI is InChI=1S/C14H10N2O4/c15-9-5-12-10(6-11(9)17)16-13(20-12)7-1-3-8(4-2-7)14(18)19/h1-6,17H,15H2,(H,18,19). The van der Waals surface area contributed by atoms with Crippen molar-refractivity contribution in [3.05, 3.63) is 42.0 Å². The lowest BCUT2D eigenvalue weighted by molar-refractivity contribution is 0.0697. The number of hydrogen-bond acceptors (Lipinski definition) is 5. The minimum Gasteiger partial charge on any atom is -0.506 e. The molecule has 20 heavy (non-hydrogen) atoms. The number of nitrogens with zero attached hydrogens (tertiary/aromatic N) is 1. The largest absolute Gasteiger partial charge is 0.506 e. The third-order valence-electron chi connectivity index (χ3n) is 2.92. The molecule has 0 fully saturated rings. The summed E-state index contributed by atoms with van der Waals surface area (Å²) in [6, 6.07) is 9.07. The lowest BCUT2D eigenvalue weighted by Crippen LogP contribution is -1.94. The van der Waals surface area contributed by atoms with Crippen molar-refractivity contribution < 1.29 is 19.4 Å². The van der Waals surface area contributed by atoms with Gasteiger partial charge in [-0.1, -0.05) is 0 Å². The molecule has 1 heterocycles. The molecule has 0 radical (unpaired) electrons. The number of nitrogens with two attached hydrogens (primary N) is 1. The van der Waals surface area contributed by atoms with Crippen LogP contribution in [0, 0.1) is 0 Å². The highest BCUT2D eigenvalue weighted by Gasteiger charge is 2.11. The molecule has 4 N–H and O–H groups in total. The van der Waals surface area contributed by atoms with E-state index < -0.39 is 5.97 Å². The van der Waals surface area contributed by atoms with E-state index in [9.17, 15) is 9.90 Å². The second-order valence-electron chi connectivity index (χ2n) is 4.28. The zero-order valence-electron chi connectivity index (χ0n) is 10.2. The zero-order chi connectivity index (χ0) is 14.3. The van der Waals surface area contributed by atoms with Crippen LogP contribution in [-0.2, 0) is 0 Å². The fraction of sp³-hybridized carbons (Fsp3) is 0. The molecule has 0 spiro atoms. The van der Waals surface area contributed by atoms with E-state index in [1.54, 1.807) is 12.1 Å². The number of nitrogen functional groups attached to an aromatic ring is 1. The molecule has 100 valence electrons. The number of aromatic carboxylic acids is 1. The molecule has 6 heteroatoms. The maximum absolute atomic E-state index is 10.8. The summed E-state index contributed by atoms with van der Waals surface area (Å²) in [6.07, 6.45) is 0. The molecule has 0 aliphatic carbocycles. The van der Waals surface area contributed by atoms with Gasteiger partial charge in [-0.15, -0.1) is 0 Å². The lowest BCUT2D eigenvalue weighted by atomic mass is 10.1. The van der Waals surface area contributed by atoms with Crippen LogP contribution in [0.1, 0.15) is 10.4 Å². The van der Waals surface area contributed by atoms with Crippen LogP contribution in [0.3, 0.4) is 0 Å². The number of aromatic hydroxyl groups is 1. The van der Waals surface area contributed by atoms with Gasteiger partial charge in [-0.3, -0.25) is 0 Å². The van der Waals surface area contributed by atoms with Crippen molar-refractivity contribution in [2.24, 2.45) is 0 Å². The summed E-state index contributed by atoms with van der Waals surface area (Å²) < 4.78 is 5.54. The van der Waals surface area contributed by atoms with Crippen LogP contribution >= 0.6 is 0 Å². The van der Waals surface area contributed by atoms with Crippen LogP contribution in [0.25, 0.3) is 22.6 Å². The monoisotopic (exact) mass is 270 g/mol. The van der Waals surface area contributed by atoms with E-state index in [1.807, 2.05) is 0 Å². The summed E-state index contributed by atoms with van der Waals surface area (Å²) in [4.78, 5) is 15.0. The van der Waals surface area contributed by atoms with Gasteiger partial charge in [-0.2, -0.15) is 0 Å². The van der Waals surface area contributed by atoms with Gasteiger partial charge in [-0.05, 0) is 24.3 Å². The first-order chi connectivity index (χ1) is 9.54. The Morgan fingerprint density at radius 2 is 1.90 bits per heavy atom. The Kier molecular flexibility index (Phi) is 2.57. The number of carbonyl (C=O) groups is 1. The molecule has 0 unspecified atom stereocenters. The second-order valence-corrected chi connectivity index (χ2v) is 4.28. The Morgan fingerprint density at radius 3 is 2.55 bits per heavy atom. The Labute approximate surface area is 113 Å². The predicted octanol–water partition coefficient (Wildman–Crippen LogP) is 2.48. The van der Waals surface area contributed by atoms with Crippen LogP contribution < -0.4 is 5.73 Å². The number of rotatable bonds is 2. The molecule has 6 nitrogen and oxygen atoms in total. The molecule has 0 atom stereocenters. The number of oxazole rings is 1. The van der Waals surface area contributed by atoms with Gasteiger partial charge in [0.2, 0.25) is 5.89 Å². The number of anilines is 1. The maximum Gasteiger partial charge on any atom is 0.335 e. The third-order valence-corrected chi connectivity index (χ3v) is 2.92. The van der Waals surface area contributed by atoms with Crippen molar-refractivity contribution in [2.75, 3.05) is 5.73 Å². The van der Waals surface area contributed by atoms with E-state index in [-0.39, 0.29) is 17.0 Å². The van der Waals surface area contributed by atoms with Gasteiger partial charge in [0.05, 0.1) is 11.3 Å². The van der Waals surface area contributed by atoms with Gasteiger partial charge in [0.1, 0.15) is 11.3 Å². The number of fused-ring (bicyclic) bond motifs is 1. The average Bonchev–Trinajstić information content (AvgIpc) is 2.82. The van der Waals surface area contributed by atoms with Gasteiger partial charge >= 0.3 is 5.97 Å². The quantitative estimate of drug-likeness (QED) is 0.487. The van der Waals surface area contributed by atoms with E-state index in [0.29, 0.717) is 22.6 Å². The van der Waals surface area contributed by atoms with Crippen molar-refractivity contribution in [1.82, 2.24) is 4.98 Å². The van der Waals surface area contributed by atoms with E-state index in [4.69, 9.17) is 15.3 Å². The lowest BCUT2D eigenvalue weighted by Gasteiger charge is -1.96. The maximum atomic E-state index is 10.8. The van der Waals surface area contributed by atoms with Crippen LogP contribution in [0.4, 0.5) is 5.69 Å². The van der Waals surface area contributed by atoms with Crippen molar-refractivity contribution in [3.63, 3.8) is 0 Å². The van der Waals surface area contributed by atoms with E-state index >= 15 is 0 Å². The number of aromatic nitrogens is 1. The number of carboxylic acids is 1. The van der Waals surface area contributed by atoms with Gasteiger partial charge in [-0.25, -0.2) is 9.78 Å². The fourth-order valence-electron chi connectivity index (χ4n) is 1.86. The molecule has 0 aliphatic rings. The van der Waals surface area contributed by atoms with Crippen molar-refractivity contribution >= 4 is 22.8 Å². The number of carboxylic acid groups (broad SMARTS) is 1. The minimum absolute atomic E-state index is 0.0569. The Bertz CT molecular complexity index is 767. The summed E-state index contributed by atoms with van der Waals surface area (Å²) >= 11 is 0. The Morgan fingerprint density at radius 1 is 1.20 bits per heavy atom. The Balaban J connectivity index is 2.07. The SMILES string of the molecule is Nc1cc2oc(-c3ccc(C(=O)O)cc3)nc2cc1O. The number of phenols is 1. The molecule has 0 amide bonds.